The van der Waals surface area contributed by atoms with Crippen LogP contribution in [0.15, 0.2) is 60.7 Å². The highest BCUT2D eigenvalue weighted by atomic mass is 35.5. The average Bonchev–Trinajstić information content (AvgIpc) is 2.94. The van der Waals surface area contributed by atoms with E-state index in [1.54, 1.807) is 0 Å². The van der Waals surface area contributed by atoms with Gasteiger partial charge in [0.25, 0.3) is 0 Å². The lowest BCUT2D eigenvalue weighted by Gasteiger charge is -2.36. The van der Waals surface area contributed by atoms with Crippen molar-refractivity contribution in [2.75, 3.05) is 0 Å². The third-order valence-electron chi connectivity index (χ3n) is 7.41. The zero-order chi connectivity index (χ0) is 21.0. The lowest BCUT2D eigenvalue weighted by Crippen LogP contribution is -2.24. The van der Waals surface area contributed by atoms with Crippen LogP contribution in [0.1, 0.15) is 49.9 Å². The average molecular weight is 429 g/mol. The van der Waals surface area contributed by atoms with Gasteiger partial charge in [0.1, 0.15) is 0 Å². The summed E-state index contributed by atoms with van der Waals surface area (Å²) in [5.41, 5.74) is 10.2. The second-order valence-electron chi connectivity index (χ2n) is 9.68. The van der Waals surface area contributed by atoms with Crippen LogP contribution in [-0.2, 0) is 10.8 Å². The highest BCUT2D eigenvalue weighted by Crippen LogP contribution is 2.56. The minimum atomic E-state index is -0.129. The first-order valence-electron chi connectivity index (χ1n) is 10.4. The lowest BCUT2D eigenvalue weighted by molar-refractivity contribution is 0.639. The number of rotatable bonds is 0. The van der Waals surface area contributed by atoms with E-state index in [1.165, 1.54) is 49.9 Å². The van der Waals surface area contributed by atoms with Gasteiger partial charge in [0, 0.05) is 31.8 Å². The third kappa shape index (κ3) is 2.09. The van der Waals surface area contributed by atoms with Crippen LogP contribution in [-0.4, -0.2) is 0 Å². The maximum atomic E-state index is 6.73. The highest BCUT2D eigenvalue weighted by Gasteiger charge is 2.41. The van der Waals surface area contributed by atoms with E-state index in [0.29, 0.717) is 0 Å². The summed E-state index contributed by atoms with van der Waals surface area (Å²) < 4.78 is 0. The summed E-state index contributed by atoms with van der Waals surface area (Å²) >= 11 is 13.3. The van der Waals surface area contributed by atoms with E-state index >= 15 is 0 Å². The molecule has 0 unspecified atom stereocenters. The largest absolute Gasteiger partial charge is 0.0837 e. The fourth-order valence-electron chi connectivity index (χ4n) is 5.79. The van der Waals surface area contributed by atoms with Crippen LogP contribution in [0.25, 0.3) is 33.0 Å². The summed E-state index contributed by atoms with van der Waals surface area (Å²) in [6.07, 6.45) is 0. The molecular formula is C28H22Cl2. The molecule has 2 heteroatoms. The van der Waals surface area contributed by atoms with E-state index in [9.17, 15) is 0 Å². The molecule has 0 N–H and O–H groups in total. The Kier molecular flexibility index (Phi) is 3.51. The van der Waals surface area contributed by atoms with Crippen LogP contribution < -0.4 is 0 Å². The van der Waals surface area contributed by atoms with Crippen LogP contribution in [0, 0.1) is 0 Å². The van der Waals surface area contributed by atoms with E-state index in [0.717, 1.165) is 15.4 Å². The Morgan fingerprint density at radius 1 is 0.567 bits per heavy atom. The van der Waals surface area contributed by atoms with E-state index < -0.39 is 0 Å². The first kappa shape index (κ1) is 18.5. The fourth-order valence-corrected chi connectivity index (χ4v) is 6.29. The highest BCUT2D eigenvalue weighted by molar-refractivity contribution is 6.36. The SMILES string of the molecule is CC1(C)c2cc3c(cc2-c2c(Cl)cccc21)C(C)(C)c1ccc(Cl)c2cccc-3c12. The van der Waals surface area contributed by atoms with Crippen LogP contribution in [0.2, 0.25) is 10.0 Å². The predicted octanol–water partition coefficient (Wildman–Crippen LogP) is 8.76. The van der Waals surface area contributed by atoms with Crippen molar-refractivity contribution >= 4 is 34.0 Å². The summed E-state index contributed by atoms with van der Waals surface area (Å²) in [4.78, 5) is 0. The molecule has 4 aromatic carbocycles. The molecule has 0 saturated carbocycles. The maximum absolute atomic E-state index is 6.73. The van der Waals surface area contributed by atoms with Gasteiger partial charge in [0.2, 0.25) is 0 Å². The van der Waals surface area contributed by atoms with Gasteiger partial charge in [0.15, 0.2) is 0 Å². The molecule has 0 aromatic heterocycles. The number of benzene rings is 4. The molecule has 30 heavy (non-hydrogen) atoms. The molecule has 0 fully saturated rings. The molecule has 0 spiro atoms. The van der Waals surface area contributed by atoms with Gasteiger partial charge in [-0.15, -0.1) is 0 Å². The Labute approximate surface area is 187 Å². The summed E-state index contributed by atoms with van der Waals surface area (Å²) in [6.45, 7) is 9.26. The molecule has 148 valence electrons. The van der Waals surface area contributed by atoms with Gasteiger partial charge >= 0.3 is 0 Å². The molecule has 0 nitrogen and oxygen atoms in total. The molecular weight excluding hydrogens is 407 g/mol. The Bertz CT molecular complexity index is 1410. The molecule has 0 radical (unpaired) electrons. The van der Waals surface area contributed by atoms with Crippen molar-refractivity contribution in [2.24, 2.45) is 0 Å². The van der Waals surface area contributed by atoms with Gasteiger partial charge in [-0.25, -0.2) is 0 Å². The monoisotopic (exact) mass is 428 g/mol. The first-order chi connectivity index (χ1) is 14.2. The summed E-state index contributed by atoms with van der Waals surface area (Å²) in [6, 6.07) is 21.9. The van der Waals surface area contributed by atoms with Crippen LogP contribution in [0.3, 0.4) is 0 Å². The molecule has 6 rings (SSSR count). The minimum Gasteiger partial charge on any atom is -0.0837 e. The fraction of sp³-hybridized carbons (Fsp3) is 0.214. The number of hydrogen-bond donors (Lipinski definition) is 0. The van der Waals surface area contributed by atoms with Crippen molar-refractivity contribution in [3.63, 3.8) is 0 Å². The van der Waals surface area contributed by atoms with Gasteiger partial charge in [0.05, 0.1) is 0 Å². The Morgan fingerprint density at radius 3 is 2.03 bits per heavy atom. The van der Waals surface area contributed by atoms with Crippen molar-refractivity contribution in [3.8, 4) is 22.3 Å². The molecule has 0 bridgehead atoms. The van der Waals surface area contributed by atoms with Crippen LogP contribution in [0.4, 0.5) is 0 Å². The van der Waals surface area contributed by atoms with E-state index in [1.807, 2.05) is 12.1 Å². The van der Waals surface area contributed by atoms with Gasteiger partial charge in [-0.2, -0.15) is 0 Å². The van der Waals surface area contributed by atoms with Gasteiger partial charge in [-0.3, -0.25) is 0 Å². The van der Waals surface area contributed by atoms with Crippen molar-refractivity contribution in [2.45, 2.75) is 38.5 Å². The molecule has 0 atom stereocenters. The smallest absolute Gasteiger partial charge is 0.0487 e. The molecule has 2 aliphatic carbocycles. The van der Waals surface area contributed by atoms with E-state index in [2.05, 4.69) is 76.2 Å². The van der Waals surface area contributed by atoms with E-state index in [-0.39, 0.29) is 10.8 Å². The van der Waals surface area contributed by atoms with Crippen molar-refractivity contribution in [1.82, 2.24) is 0 Å². The Hall–Kier alpha value is -2.28. The molecule has 4 aromatic rings. The topological polar surface area (TPSA) is 0 Å². The molecule has 0 saturated heterocycles. The number of halogens is 2. The van der Waals surface area contributed by atoms with Gasteiger partial charge in [-0.1, -0.05) is 87.3 Å². The van der Waals surface area contributed by atoms with Gasteiger partial charge < -0.3 is 0 Å². The molecule has 2 aliphatic rings. The predicted molar refractivity (Wildman–Crippen MR) is 129 cm³/mol. The van der Waals surface area contributed by atoms with Gasteiger partial charge in [-0.05, 0) is 68.6 Å². The number of fused-ring (bicyclic) bond motifs is 5. The lowest BCUT2D eigenvalue weighted by atomic mass is 9.67. The molecule has 0 heterocycles. The van der Waals surface area contributed by atoms with Crippen molar-refractivity contribution in [3.05, 3.63) is 93.0 Å². The normalized spacial score (nSPS) is 16.9. The third-order valence-corrected chi connectivity index (χ3v) is 8.06. The van der Waals surface area contributed by atoms with Crippen LogP contribution in [0.5, 0.6) is 0 Å². The quantitative estimate of drug-likeness (QED) is 0.262. The second-order valence-corrected chi connectivity index (χ2v) is 10.5. The van der Waals surface area contributed by atoms with Crippen LogP contribution >= 0.6 is 23.2 Å². The maximum Gasteiger partial charge on any atom is 0.0487 e. The number of hydrogen-bond acceptors (Lipinski definition) is 0. The second kappa shape index (κ2) is 5.69. The summed E-state index contributed by atoms with van der Waals surface area (Å²) in [7, 11) is 0. The summed E-state index contributed by atoms with van der Waals surface area (Å²) in [5.74, 6) is 0. The van der Waals surface area contributed by atoms with Crippen molar-refractivity contribution < 1.29 is 0 Å². The standard InChI is InChI=1S/C28H22Cl2/c1-27(2)19-9-6-10-24(30)26(19)18-14-21-17(13-22(18)27)15-7-5-8-16-23(29)12-11-20(25(15)16)28(21,3)4/h5-14H,1-4H3. The summed E-state index contributed by atoms with van der Waals surface area (Å²) in [5, 5.41) is 4.07. The molecule has 0 amide bonds. The zero-order valence-electron chi connectivity index (χ0n) is 17.5. The van der Waals surface area contributed by atoms with Crippen molar-refractivity contribution in [1.29, 1.82) is 0 Å². The minimum absolute atomic E-state index is 0.0861. The first-order valence-corrected chi connectivity index (χ1v) is 11.2. The van der Waals surface area contributed by atoms with E-state index in [4.69, 9.17) is 23.2 Å². The Morgan fingerprint density at radius 2 is 1.23 bits per heavy atom. The Balaban J connectivity index is 1.78. The zero-order valence-corrected chi connectivity index (χ0v) is 19.0. The molecule has 0 aliphatic heterocycles.